The number of ether oxygens (including phenoxy) is 1. The van der Waals surface area contributed by atoms with E-state index in [1.165, 1.54) is 7.11 Å². The van der Waals surface area contributed by atoms with E-state index in [0.717, 1.165) is 4.47 Å². The molecule has 2 rings (SSSR count). The fraction of sp³-hybridized carbons (Fsp3) is 0.176. The van der Waals surface area contributed by atoms with Crippen molar-refractivity contribution >= 4 is 66.6 Å². The van der Waals surface area contributed by atoms with Crippen LogP contribution in [0.2, 0.25) is 5.02 Å². The predicted molar refractivity (Wildman–Crippen MR) is 107 cm³/mol. The highest BCUT2D eigenvalue weighted by molar-refractivity contribution is 9.11. The van der Waals surface area contributed by atoms with Crippen molar-refractivity contribution in [3.8, 4) is 5.75 Å². The highest BCUT2D eigenvalue weighted by Gasteiger charge is 2.18. The first kappa shape index (κ1) is 19.8. The number of carbonyl (C=O) groups excluding carboxylic acids is 2. The van der Waals surface area contributed by atoms with Crippen molar-refractivity contribution in [3.63, 3.8) is 0 Å². The minimum absolute atomic E-state index is 0.128. The highest BCUT2D eigenvalue weighted by Crippen LogP contribution is 2.34. The fourth-order valence-corrected chi connectivity index (χ4v) is 3.63. The Bertz CT molecular complexity index is 828. The molecule has 0 fully saturated rings. The Labute approximate surface area is 167 Å². The van der Waals surface area contributed by atoms with Gasteiger partial charge in [-0.2, -0.15) is 0 Å². The van der Waals surface area contributed by atoms with E-state index in [0.29, 0.717) is 38.6 Å². The first-order chi connectivity index (χ1) is 11.8. The third kappa shape index (κ3) is 4.96. The SMILES string of the molecule is CCC(=O)Nc1ccc(Cl)c(NC(=O)c2cc(Br)cc(Br)c2OC)c1. The number of anilines is 2. The Hall–Kier alpha value is -1.57. The number of benzene rings is 2. The van der Waals surface area contributed by atoms with Crippen LogP contribution in [-0.4, -0.2) is 18.9 Å². The van der Waals surface area contributed by atoms with Crippen LogP contribution in [0.5, 0.6) is 5.75 Å². The van der Waals surface area contributed by atoms with Crippen LogP contribution in [-0.2, 0) is 4.79 Å². The molecule has 0 spiro atoms. The molecule has 0 saturated heterocycles. The van der Waals surface area contributed by atoms with E-state index in [2.05, 4.69) is 42.5 Å². The number of rotatable bonds is 5. The fourth-order valence-electron chi connectivity index (χ4n) is 2.07. The van der Waals surface area contributed by atoms with Crippen LogP contribution >= 0.6 is 43.5 Å². The Morgan fingerprint density at radius 2 is 1.88 bits per heavy atom. The number of hydrogen-bond donors (Lipinski definition) is 2. The van der Waals surface area contributed by atoms with E-state index in [-0.39, 0.29) is 11.8 Å². The van der Waals surface area contributed by atoms with Gasteiger partial charge in [-0.05, 0) is 46.3 Å². The second-order valence-corrected chi connectivity index (χ2v) is 7.20. The van der Waals surface area contributed by atoms with Crippen molar-refractivity contribution in [2.24, 2.45) is 0 Å². The molecular weight excluding hydrogens is 475 g/mol. The molecule has 8 heteroatoms. The number of halogens is 3. The average molecular weight is 491 g/mol. The van der Waals surface area contributed by atoms with Crippen LogP contribution in [0, 0.1) is 0 Å². The number of carbonyl (C=O) groups is 2. The zero-order valence-corrected chi connectivity index (χ0v) is 17.4. The summed E-state index contributed by atoms with van der Waals surface area (Å²) in [7, 11) is 1.48. The summed E-state index contributed by atoms with van der Waals surface area (Å²) >= 11 is 12.9. The first-order valence-electron chi connectivity index (χ1n) is 7.29. The molecule has 2 aromatic carbocycles. The van der Waals surface area contributed by atoms with Crippen LogP contribution in [0.3, 0.4) is 0 Å². The topological polar surface area (TPSA) is 67.4 Å². The molecule has 132 valence electrons. The molecule has 0 heterocycles. The van der Waals surface area contributed by atoms with Gasteiger partial charge in [0.1, 0.15) is 5.75 Å². The minimum Gasteiger partial charge on any atom is -0.495 e. The maximum atomic E-state index is 12.7. The number of amides is 2. The van der Waals surface area contributed by atoms with E-state index in [9.17, 15) is 9.59 Å². The summed E-state index contributed by atoms with van der Waals surface area (Å²) in [5.74, 6) is -0.107. The average Bonchev–Trinajstić information content (AvgIpc) is 2.57. The molecule has 2 aromatic rings. The smallest absolute Gasteiger partial charge is 0.259 e. The minimum atomic E-state index is -0.389. The maximum absolute atomic E-state index is 12.7. The summed E-state index contributed by atoms with van der Waals surface area (Å²) in [6.45, 7) is 1.76. The number of nitrogens with one attached hydrogen (secondary N) is 2. The summed E-state index contributed by atoms with van der Waals surface area (Å²) < 4.78 is 6.66. The van der Waals surface area contributed by atoms with Gasteiger partial charge in [0.25, 0.3) is 5.91 Å². The van der Waals surface area contributed by atoms with Crippen LogP contribution in [0.25, 0.3) is 0 Å². The molecule has 0 aliphatic carbocycles. The molecule has 0 atom stereocenters. The standard InChI is InChI=1S/C17H15Br2ClN2O3/c1-3-15(23)21-10-4-5-13(20)14(8-10)22-17(24)11-6-9(18)7-12(19)16(11)25-2/h4-8H,3H2,1-2H3,(H,21,23)(H,22,24). The highest BCUT2D eigenvalue weighted by atomic mass is 79.9. The van der Waals surface area contributed by atoms with E-state index >= 15 is 0 Å². The summed E-state index contributed by atoms with van der Waals surface area (Å²) in [6.07, 6.45) is 0.355. The van der Waals surface area contributed by atoms with Gasteiger partial charge in [0.15, 0.2) is 0 Å². The van der Waals surface area contributed by atoms with Gasteiger partial charge >= 0.3 is 0 Å². The Morgan fingerprint density at radius 3 is 2.52 bits per heavy atom. The van der Waals surface area contributed by atoms with Gasteiger partial charge in [-0.1, -0.05) is 34.5 Å². The van der Waals surface area contributed by atoms with Crippen molar-refractivity contribution < 1.29 is 14.3 Å². The van der Waals surface area contributed by atoms with Crippen molar-refractivity contribution in [2.45, 2.75) is 13.3 Å². The van der Waals surface area contributed by atoms with Crippen molar-refractivity contribution in [2.75, 3.05) is 17.7 Å². The molecule has 5 nitrogen and oxygen atoms in total. The van der Waals surface area contributed by atoms with Gasteiger partial charge in [-0.25, -0.2) is 0 Å². The number of methoxy groups -OCH3 is 1. The van der Waals surface area contributed by atoms with Gasteiger partial charge in [-0.3, -0.25) is 9.59 Å². The van der Waals surface area contributed by atoms with Crippen LogP contribution in [0.15, 0.2) is 39.3 Å². The zero-order valence-electron chi connectivity index (χ0n) is 13.5. The van der Waals surface area contributed by atoms with Crippen LogP contribution < -0.4 is 15.4 Å². The van der Waals surface area contributed by atoms with Gasteiger partial charge < -0.3 is 15.4 Å². The molecule has 0 aliphatic rings. The lowest BCUT2D eigenvalue weighted by Gasteiger charge is -2.13. The van der Waals surface area contributed by atoms with Gasteiger partial charge in [0, 0.05) is 16.6 Å². The molecule has 25 heavy (non-hydrogen) atoms. The van der Waals surface area contributed by atoms with Gasteiger partial charge in [0.05, 0.1) is 27.9 Å². The predicted octanol–water partition coefficient (Wildman–Crippen LogP) is 5.47. The summed E-state index contributed by atoms with van der Waals surface area (Å²) in [5, 5.41) is 5.83. The Kier molecular flexibility index (Phi) is 6.87. The van der Waals surface area contributed by atoms with Gasteiger partial charge in [0.2, 0.25) is 5.91 Å². The van der Waals surface area contributed by atoms with E-state index in [1.807, 2.05) is 0 Å². The Morgan fingerprint density at radius 1 is 1.16 bits per heavy atom. The third-order valence-electron chi connectivity index (χ3n) is 3.28. The van der Waals surface area contributed by atoms with Crippen molar-refractivity contribution in [1.29, 1.82) is 0 Å². The van der Waals surface area contributed by atoms with Crippen molar-refractivity contribution in [1.82, 2.24) is 0 Å². The molecule has 0 saturated carbocycles. The van der Waals surface area contributed by atoms with E-state index < -0.39 is 0 Å². The van der Waals surface area contributed by atoms with Crippen LogP contribution in [0.1, 0.15) is 23.7 Å². The lowest BCUT2D eigenvalue weighted by atomic mass is 10.1. The quantitative estimate of drug-likeness (QED) is 0.584. The van der Waals surface area contributed by atoms with Gasteiger partial charge in [-0.15, -0.1) is 0 Å². The summed E-state index contributed by atoms with van der Waals surface area (Å²) in [4.78, 5) is 24.2. The molecular formula is C17H15Br2ClN2O3. The second-order valence-electron chi connectivity index (χ2n) is 5.02. The monoisotopic (exact) mass is 488 g/mol. The Balaban J connectivity index is 2.32. The first-order valence-corrected chi connectivity index (χ1v) is 9.25. The largest absolute Gasteiger partial charge is 0.495 e. The van der Waals surface area contributed by atoms with E-state index in [1.54, 1.807) is 37.3 Å². The molecule has 0 unspecified atom stereocenters. The lowest BCUT2D eigenvalue weighted by molar-refractivity contribution is -0.115. The van der Waals surface area contributed by atoms with Crippen molar-refractivity contribution in [3.05, 3.63) is 49.9 Å². The number of hydrogen-bond acceptors (Lipinski definition) is 3. The third-order valence-corrected chi connectivity index (χ3v) is 4.65. The molecule has 2 N–H and O–H groups in total. The summed E-state index contributed by atoms with van der Waals surface area (Å²) in [5.41, 5.74) is 1.27. The lowest BCUT2D eigenvalue weighted by Crippen LogP contribution is -2.15. The maximum Gasteiger partial charge on any atom is 0.259 e. The summed E-state index contributed by atoms with van der Waals surface area (Å²) in [6, 6.07) is 8.31. The zero-order chi connectivity index (χ0) is 18.6. The van der Waals surface area contributed by atoms with Crippen LogP contribution in [0.4, 0.5) is 11.4 Å². The van der Waals surface area contributed by atoms with E-state index in [4.69, 9.17) is 16.3 Å². The molecule has 0 aliphatic heterocycles. The molecule has 0 radical (unpaired) electrons. The second kappa shape index (κ2) is 8.69. The molecule has 2 amide bonds. The normalized spacial score (nSPS) is 10.3. The molecule has 0 aromatic heterocycles. The molecule has 0 bridgehead atoms.